The number of piperazine rings is 1. The molecule has 2 aromatic carbocycles. The zero-order chi connectivity index (χ0) is 17.2. The predicted octanol–water partition coefficient (Wildman–Crippen LogP) is 2.86. The van der Waals surface area contributed by atoms with E-state index in [2.05, 4.69) is 4.98 Å². The van der Waals surface area contributed by atoms with E-state index >= 15 is 0 Å². The Bertz CT molecular complexity index is 886. The molecule has 5 nitrogen and oxygen atoms in total. The minimum atomic E-state index is -0.330. The maximum Gasteiger partial charge on any atom is 0.298 e. The van der Waals surface area contributed by atoms with Crippen molar-refractivity contribution in [2.24, 2.45) is 0 Å². The molecule has 25 heavy (non-hydrogen) atoms. The zero-order valence-electron chi connectivity index (χ0n) is 13.7. The summed E-state index contributed by atoms with van der Waals surface area (Å²) in [6, 6.07) is 14.5. The fourth-order valence-corrected chi connectivity index (χ4v) is 3.05. The number of hydrogen-bond donors (Lipinski definition) is 0. The van der Waals surface area contributed by atoms with Crippen molar-refractivity contribution in [3.8, 4) is 0 Å². The molecular weight excluding hydrogens is 321 g/mol. The van der Waals surface area contributed by atoms with Crippen LogP contribution in [0.25, 0.3) is 11.1 Å². The molecule has 1 aliphatic heterocycles. The van der Waals surface area contributed by atoms with Gasteiger partial charge < -0.3 is 14.2 Å². The van der Waals surface area contributed by atoms with Gasteiger partial charge in [0.2, 0.25) is 5.91 Å². The van der Waals surface area contributed by atoms with E-state index in [-0.39, 0.29) is 11.7 Å². The number of carbonyl (C=O) groups is 1. The van der Waals surface area contributed by atoms with E-state index in [9.17, 15) is 9.18 Å². The highest BCUT2D eigenvalue weighted by Gasteiger charge is 2.24. The highest BCUT2D eigenvalue weighted by Crippen LogP contribution is 2.23. The van der Waals surface area contributed by atoms with E-state index in [0.717, 1.165) is 5.56 Å². The number of halogens is 1. The monoisotopic (exact) mass is 339 g/mol. The van der Waals surface area contributed by atoms with Crippen molar-refractivity contribution in [2.75, 3.05) is 31.1 Å². The Balaban J connectivity index is 1.39. The molecule has 0 spiro atoms. The van der Waals surface area contributed by atoms with Gasteiger partial charge in [-0.1, -0.05) is 30.3 Å². The predicted molar refractivity (Wildman–Crippen MR) is 92.9 cm³/mol. The summed E-state index contributed by atoms with van der Waals surface area (Å²) in [6.45, 7) is 2.54. The lowest BCUT2D eigenvalue weighted by atomic mass is 10.1. The molecule has 0 radical (unpaired) electrons. The van der Waals surface area contributed by atoms with Crippen molar-refractivity contribution < 1.29 is 13.6 Å². The fraction of sp³-hybridized carbons (Fsp3) is 0.263. The summed E-state index contributed by atoms with van der Waals surface area (Å²) in [6.07, 6.45) is 0.420. The van der Waals surface area contributed by atoms with E-state index in [1.165, 1.54) is 12.1 Å². The van der Waals surface area contributed by atoms with Gasteiger partial charge in [0.05, 0.1) is 6.42 Å². The molecular formula is C19H18FN3O2. The third-order valence-corrected chi connectivity index (χ3v) is 4.44. The molecule has 1 aliphatic rings. The topological polar surface area (TPSA) is 49.6 Å². The Labute approximate surface area is 144 Å². The van der Waals surface area contributed by atoms with Gasteiger partial charge in [0.1, 0.15) is 11.3 Å². The molecule has 0 saturated carbocycles. The van der Waals surface area contributed by atoms with Crippen molar-refractivity contribution in [3.05, 3.63) is 59.9 Å². The number of carbonyl (C=O) groups excluding carboxylic acids is 1. The fourth-order valence-electron chi connectivity index (χ4n) is 3.05. The minimum absolute atomic E-state index is 0.130. The average molecular weight is 339 g/mol. The van der Waals surface area contributed by atoms with Crippen LogP contribution in [-0.2, 0) is 11.2 Å². The van der Waals surface area contributed by atoms with Crippen LogP contribution in [-0.4, -0.2) is 42.0 Å². The second kappa shape index (κ2) is 6.55. The van der Waals surface area contributed by atoms with Gasteiger partial charge in [0.15, 0.2) is 5.58 Å². The maximum atomic E-state index is 13.3. The van der Waals surface area contributed by atoms with Crippen LogP contribution in [0.4, 0.5) is 10.4 Å². The summed E-state index contributed by atoms with van der Waals surface area (Å²) in [7, 11) is 0. The van der Waals surface area contributed by atoms with Gasteiger partial charge in [0.25, 0.3) is 6.01 Å². The second-order valence-electron chi connectivity index (χ2n) is 6.14. The first-order chi connectivity index (χ1) is 12.2. The van der Waals surface area contributed by atoms with Crippen LogP contribution in [0.1, 0.15) is 5.56 Å². The lowest BCUT2D eigenvalue weighted by Crippen LogP contribution is -2.49. The SMILES string of the molecule is O=C(Cc1ccccc1)N1CCN(c2nc3cc(F)ccc3o2)CC1. The van der Waals surface area contributed by atoms with E-state index in [4.69, 9.17) is 4.42 Å². The quantitative estimate of drug-likeness (QED) is 0.736. The number of amides is 1. The third kappa shape index (κ3) is 3.33. The number of hydrogen-bond acceptors (Lipinski definition) is 4. The molecule has 0 unspecified atom stereocenters. The van der Waals surface area contributed by atoms with Crippen molar-refractivity contribution in [1.82, 2.24) is 9.88 Å². The van der Waals surface area contributed by atoms with Crippen LogP contribution in [0.15, 0.2) is 52.9 Å². The van der Waals surface area contributed by atoms with Gasteiger partial charge in [-0.15, -0.1) is 0 Å². The molecule has 6 heteroatoms. The summed E-state index contributed by atoms with van der Waals surface area (Å²) in [5, 5.41) is 0. The molecule has 1 saturated heterocycles. The van der Waals surface area contributed by atoms with Gasteiger partial charge in [-0.3, -0.25) is 4.79 Å². The first kappa shape index (κ1) is 15.6. The van der Waals surface area contributed by atoms with Crippen LogP contribution in [0.5, 0.6) is 0 Å². The lowest BCUT2D eigenvalue weighted by molar-refractivity contribution is -0.130. The van der Waals surface area contributed by atoms with E-state index in [1.807, 2.05) is 40.1 Å². The number of nitrogens with zero attached hydrogens (tertiary/aromatic N) is 3. The van der Waals surface area contributed by atoms with Crippen LogP contribution in [0.3, 0.4) is 0 Å². The summed E-state index contributed by atoms with van der Waals surface area (Å²) in [4.78, 5) is 20.6. The number of benzene rings is 2. The molecule has 1 aromatic heterocycles. The first-order valence-electron chi connectivity index (χ1n) is 8.32. The molecule has 0 N–H and O–H groups in total. The van der Waals surface area contributed by atoms with Gasteiger partial charge in [-0.05, 0) is 17.7 Å². The van der Waals surface area contributed by atoms with Crippen molar-refractivity contribution >= 4 is 23.0 Å². The van der Waals surface area contributed by atoms with Crippen LogP contribution in [0, 0.1) is 5.82 Å². The van der Waals surface area contributed by atoms with Gasteiger partial charge in [0, 0.05) is 32.2 Å². The molecule has 0 aliphatic carbocycles. The Morgan fingerprint density at radius 2 is 1.84 bits per heavy atom. The number of fused-ring (bicyclic) bond motifs is 1. The Kier molecular flexibility index (Phi) is 4.09. The van der Waals surface area contributed by atoms with Crippen molar-refractivity contribution in [1.29, 1.82) is 0 Å². The van der Waals surface area contributed by atoms with E-state index in [0.29, 0.717) is 49.7 Å². The summed E-state index contributed by atoms with van der Waals surface area (Å²) < 4.78 is 19.0. The van der Waals surface area contributed by atoms with Crippen molar-refractivity contribution in [2.45, 2.75) is 6.42 Å². The van der Waals surface area contributed by atoms with Crippen LogP contribution < -0.4 is 4.90 Å². The van der Waals surface area contributed by atoms with Crippen LogP contribution in [0.2, 0.25) is 0 Å². The molecule has 3 aromatic rings. The lowest BCUT2D eigenvalue weighted by Gasteiger charge is -2.33. The van der Waals surface area contributed by atoms with Crippen molar-refractivity contribution in [3.63, 3.8) is 0 Å². The standard InChI is InChI=1S/C19H18FN3O2/c20-15-6-7-17-16(13-15)21-19(25-17)23-10-8-22(9-11-23)18(24)12-14-4-2-1-3-5-14/h1-7,13H,8-12H2. The third-order valence-electron chi connectivity index (χ3n) is 4.44. The normalized spacial score (nSPS) is 14.9. The highest BCUT2D eigenvalue weighted by molar-refractivity contribution is 5.79. The summed E-state index contributed by atoms with van der Waals surface area (Å²) in [5.74, 6) is -0.200. The molecule has 2 heterocycles. The smallest absolute Gasteiger partial charge is 0.298 e. The van der Waals surface area contributed by atoms with E-state index < -0.39 is 0 Å². The highest BCUT2D eigenvalue weighted by atomic mass is 19.1. The summed E-state index contributed by atoms with van der Waals surface area (Å²) in [5.41, 5.74) is 2.10. The van der Waals surface area contributed by atoms with Gasteiger partial charge in [-0.2, -0.15) is 4.98 Å². The molecule has 128 valence electrons. The molecule has 0 bridgehead atoms. The number of aromatic nitrogens is 1. The Morgan fingerprint density at radius 3 is 2.60 bits per heavy atom. The average Bonchev–Trinajstić information content (AvgIpc) is 3.06. The Morgan fingerprint density at radius 1 is 1.08 bits per heavy atom. The van der Waals surface area contributed by atoms with Gasteiger partial charge in [-0.25, -0.2) is 4.39 Å². The molecule has 1 amide bonds. The molecule has 0 atom stereocenters. The Hall–Kier alpha value is -2.89. The maximum absolute atomic E-state index is 13.3. The summed E-state index contributed by atoms with van der Waals surface area (Å²) >= 11 is 0. The van der Waals surface area contributed by atoms with Gasteiger partial charge >= 0.3 is 0 Å². The number of anilines is 1. The second-order valence-corrected chi connectivity index (χ2v) is 6.14. The number of oxazole rings is 1. The zero-order valence-corrected chi connectivity index (χ0v) is 13.7. The molecule has 1 fully saturated rings. The first-order valence-corrected chi connectivity index (χ1v) is 8.32. The molecule has 4 rings (SSSR count). The number of rotatable bonds is 3. The minimum Gasteiger partial charge on any atom is -0.423 e. The largest absolute Gasteiger partial charge is 0.423 e. The van der Waals surface area contributed by atoms with E-state index in [1.54, 1.807) is 6.07 Å². The van der Waals surface area contributed by atoms with Crippen LogP contribution >= 0.6 is 0 Å².